The van der Waals surface area contributed by atoms with Crippen LogP contribution in [0.5, 0.6) is 5.75 Å². The summed E-state index contributed by atoms with van der Waals surface area (Å²) in [6, 6.07) is 3.39. The quantitative estimate of drug-likeness (QED) is 0.677. The molecule has 2 rings (SSSR count). The molecule has 2 aromatic rings. The van der Waals surface area contributed by atoms with E-state index in [1.807, 2.05) is 6.92 Å². The van der Waals surface area contributed by atoms with Crippen LogP contribution in [-0.4, -0.2) is 14.7 Å². The summed E-state index contributed by atoms with van der Waals surface area (Å²) in [6.07, 6.45) is 1.71. The summed E-state index contributed by atoms with van der Waals surface area (Å²) in [7, 11) is 0. The summed E-state index contributed by atoms with van der Waals surface area (Å²) < 4.78 is 1.59. The van der Waals surface area contributed by atoms with E-state index < -0.39 is 0 Å². The van der Waals surface area contributed by atoms with E-state index in [4.69, 9.17) is 11.6 Å². The van der Waals surface area contributed by atoms with Crippen molar-refractivity contribution in [3.63, 3.8) is 0 Å². The first-order chi connectivity index (χ1) is 5.68. The number of pyridine rings is 1. The van der Waals surface area contributed by atoms with Gasteiger partial charge in [-0.2, -0.15) is 5.10 Å². The number of aryl methyl sites for hydroxylation is 1. The van der Waals surface area contributed by atoms with Crippen LogP contribution >= 0.6 is 11.6 Å². The van der Waals surface area contributed by atoms with Crippen LogP contribution in [0.25, 0.3) is 5.52 Å². The number of hydrogen-bond acceptors (Lipinski definition) is 2. The summed E-state index contributed by atoms with van der Waals surface area (Å²) in [5, 5.41) is 13.9. The average molecular weight is 183 g/mol. The lowest BCUT2D eigenvalue weighted by atomic mass is 10.3. The fraction of sp³-hybridized carbons (Fsp3) is 0.125. The van der Waals surface area contributed by atoms with Gasteiger partial charge in [0.25, 0.3) is 0 Å². The van der Waals surface area contributed by atoms with Gasteiger partial charge in [-0.3, -0.25) is 0 Å². The number of nitrogens with zero attached hydrogens (tertiary/aromatic N) is 2. The molecule has 1 N–H and O–H groups in total. The van der Waals surface area contributed by atoms with Crippen LogP contribution in [0, 0.1) is 6.92 Å². The molecule has 0 fully saturated rings. The molecule has 3 nitrogen and oxygen atoms in total. The maximum absolute atomic E-state index is 9.48. The first-order valence-electron chi connectivity index (χ1n) is 3.52. The van der Waals surface area contributed by atoms with Crippen molar-refractivity contribution in [1.82, 2.24) is 9.61 Å². The van der Waals surface area contributed by atoms with Gasteiger partial charge in [0.2, 0.25) is 0 Å². The molecule has 2 heterocycles. The van der Waals surface area contributed by atoms with Gasteiger partial charge in [-0.25, -0.2) is 4.52 Å². The van der Waals surface area contributed by atoms with Crippen LogP contribution in [-0.2, 0) is 0 Å². The van der Waals surface area contributed by atoms with E-state index in [1.165, 1.54) is 0 Å². The second kappa shape index (κ2) is 2.38. The maximum atomic E-state index is 9.48. The lowest BCUT2D eigenvalue weighted by Crippen LogP contribution is -1.85. The Morgan fingerprint density at radius 2 is 2.33 bits per heavy atom. The molecular weight excluding hydrogens is 176 g/mol. The van der Waals surface area contributed by atoms with Crippen LogP contribution in [0.15, 0.2) is 18.3 Å². The predicted molar refractivity (Wildman–Crippen MR) is 46.6 cm³/mol. The molecule has 0 radical (unpaired) electrons. The fourth-order valence-corrected chi connectivity index (χ4v) is 1.30. The van der Waals surface area contributed by atoms with Gasteiger partial charge in [-0.05, 0) is 19.1 Å². The third kappa shape index (κ3) is 0.940. The zero-order chi connectivity index (χ0) is 8.72. The van der Waals surface area contributed by atoms with E-state index in [-0.39, 0.29) is 5.75 Å². The van der Waals surface area contributed by atoms with Crippen LogP contribution in [0.3, 0.4) is 0 Å². The second-order valence-corrected chi connectivity index (χ2v) is 3.04. The van der Waals surface area contributed by atoms with Crippen LogP contribution in [0.4, 0.5) is 0 Å². The molecule has 2 aromatic heterocycles. The Hall–Kier alpha value is -1.22. The Balaban J connectivity index is 2.89. The van der Waals surface area contributed by atoms with Crippen molar-refractivity contribution in [3.8, 4) is 5.75 Å². The lowest BCUT2D eigenvalue weighted by Gasteiger charge is -1.97. The van der Waals surface area contributed by atoms with Crippen LogP contribution < -0.4 is 0 Å². The largest absolute Gasteiger partial charge is 0.504 e. The van der Waals surface area contributed by atoms with Gasteiger partial charge in [0.05, 0.1) is 10.7 Å². The average Bonchev–Trinajstić information content (AvgIpc) is 2.39. The zero-order valence-electron chi connectivity index (χ0n) is 6.45. The molecule has 0 aromatic carbocycles. The Morgan fingerprint density at radius 1 is 1.58 bits per heavy atom. The highest BCUT2D eigenvalue weighted by Gasteiger charge is 2.05. The molecule has 0 aliphatic rings. The summed E-state index contributed by atoms with van der Waals surface area (Å²) >= 11 is 5.71. The molecule has 0 spiro atoms. The van der Waals surface area contributed by atoms with E-state index in [9.17, 15) is 5.11 Å². The van der Waals surface area contributed by atoms with Crippen LogP contribution in [0.2, 0.25) is 5.02 Å². The summed E-state index contributed by atoms with van der Waals surface area (Å²) in [5.41, 5.74) is 1.49. The molecule has 0 amide bonds. The zero-order valence-corrected chi connectivity index (χ0v) is 7.21. The monoisotopic (exact) mass is 182 g/mol. The number of aromatic nitrogens is 2. The molecular formula is C8H7ClN2O. The normalized spacial score (nSPS) is 10.8. The number of halogens is 1. The van der Waals surface area contributed by atoms with Crippen molar-refractivity contribution < 1.29 is 5.11 Å². The Kier molecular flexibility index (Phi) is 1.48. The first-order valence-corrected chi connectivity index (χ1v) is 3.90. The molecule has 12 heavy (non-hydrogen) atoms. The van der Waals surface area contributed by atoms with E-state index in [0.717, 1.165) is 5.69 Å². The van der Waals surface area contributed by atoms with Gasteiger partial charge in [0.1, 0.15) is 5.52 Å². The molecule has 0 aliphatic carbocycles. The standard InChI is InChI=1S/C8H7ClN2O/c1-5-4-7-8(12)6(9)2-3-11(7)10-5/h2-4,12H,1H3. The highest BCUT2D eigenvalue weighted by atomic mass is 35.5. The van der Waals surface area contributed by atoms with Crippen molar-refractivity contribution in [1.29, 1.82) is 0 Å². The Labute approximate surface area is 74.2 Å². The number of fused-ring (bicyclic) bond motifs is 1. The Morgan fingerprint density at radius 3 is 3.08 bits per heavy atom. The Bertz CT molecular complexity index is 436. The molecule has 0 saturated heterocycles. The molecule has 0 saturated carbocycles. The summed E-state index contributed by atoms with van der Waals surface area (Å²) in [5.74, 6) is 0.0831. The fourth-order valence-electron chi connectivity index (χ4n) is 1.14. The van der Waals surface area contributed by atoms with Crippen molar-refractivity contribution in [2.24, 2.45) is 0 Å². The van der Waals surface area contributed by atoms with Gasteiger partial charge < -0.3 is 5.11 Å². The minimum Gasteiger partial charge on any atom is -0.504 e. The van der Waals surface area contributed by atoms with Crippen molar-refractivity contribution >= 4 is 17.1 Å². The van der Waals surface area contributed by atoms with Gasteiger partial charge in [-0.15, -0.1) is 0 Å². The SMILES string of the molecule is Cc1cc2c(O)c(Cl)ccn2n1. The molecule has 0 unspecified atom stereocenters. The van der Waals surface area contributed by atoms with Crippen molar-refractivity contribution in [2.45, 2.75) is 6.92 Å². The minimum atomic E-state index is 0.0831. The lowest BCUT2D eigenvalue weighted by molar-refractivity contribution is 0.478. The molecule has 62 valence electrons. The van der Waals surface area contributed by atoms with E-state index >= 15 is 0 Å². The van der Waals surface area contributed by atoms with Gasteiger partial charge >= 0.3 is 0 Å². The molecule has 4 heteroatoms. The van der Waals surface area contributed by atoms with Gasteiger partial charge in [0, 0.05) is 6.20 Å². The van der Waals surface area contributed by atoms with E-state index in [2.05, 4.69) is 5.10 Å². The summed E-state index contributed by atoms with van der Waals surface area (Å²) in [6.45, 7) is 1.86. The van der Waals surface area contributed by atoms with Gasteiger partial charge in [0.15, 0.2) is 5.75 Å². The highest BCUT2D eigenvalue weighted by molar-refractivity contribution is 6.32. The topological polar surface area (TPSA) is 37.5 Å². The number of rotatable bonds is 0. The third-order valence-corrected chi connectivity index (χ3v) is 1.99. The number of hydrogen-bond donors (Lipinski definition) is 1. The molecule has 0 atom stereocenters. The van der Waals surface area contributed by atoms with Crippen molar-refractivity contribution in [2.75, 3.05) is 0 Å². The molecule has 0 bridgehead atoms. The van der Waals surface area contributed by atoms with Gasteiger partial charge in [-0.1, -0.05) is 11.6 Å². The predicted octanol–water partition coefficient (Wildman–Crippen LogP) is 2.00. The third-order valence-electron chi connectivity index (χ3n) is 1.69. The van der Waals surface area contributed by atoms with E-state index in [0.29, 0.717) is 10.5 Å². The molecule has 0 aliphatic heterocycles. The first kappa shape index (κ1) is 7.43. The second-order valence-electron chi connectivity index (χ2n) is 2.63. The summed E-state index contributed by atoms with van der Waals surface area (Å²) in [4.78, 5) is 0. The number of aromatic hydroxyl groups is 1. The van der Waals surface area contributed by atoms with E-state index in [1.54, 1.807) is 22.8 Å². The maximum Gasteiger partial charge on any atom is 0.160 e. The minimum absolute atomic E-state index is 0.0831. The van der Waals surface area contributed by atoms with Crippen molar-refractivity contribution in [3.05, 3.63) is 29.0 Å². The highest BCUT2D eigenvalue weighted by Crippen LogP contribution is 2.27. The van der Waals surface area contributed by atoms with Crippen LogP contribution in [0.1, 0.15) is 5.69 Å². The smallest absolute Gasteiger partial charge is 0.160 e.